The Morgan fingerprint density at radius 1 is 0.308 bits per heavy atom. The van der Waals surface area contributed by atoms with Crippen molar-refractivity contribution in [1.29, 1.82) is 0 Å². The van der Waals surface area contributed by atoms with Gasteiger partial charge in [0.1, 0.15) is 0 Å². The number of nitrogens with zero attached hydrogens (tertiary/aromatic N) is 10. The second kappa shape index (κ2) is 18.0. The summed E-state index contributed by atoms with van der Waals surface area (Å²) in [6.45, 7) is 18.8. The highest BCUT2D eigenvalue weighted by atomic mass is 16.2. The number of allylic oxidation sites excluding steroid dienone is 6. The Kier molecular flexibility index (Phi) is 13.9. The number of hydrogen-bond donors (Lipinski definition) is 0. The van der Waals surface area contributed by atoms with Gasteiger partial charge in [0, 0.05) is 39.3 Å². The molecular weight excluding hydrogens is 680 g/mol. The van der Waals surface area contributed by atoms with Crippen LogP contribution in [0.2, 0.25) is 0 Å². The third-order valence-corrected chi connectivity index (χ3v) is 7.95. The van der Waals surface area contributed by atoms with Gasteiger partial charge in [0.25, 0.3) is 0 Å². The normalized spacial score (nSPS) is 11.0. The van der Waals surface area contributed by atoms with Crippen LogP contribution in [0, 0.1) is 0 Å². The fourth-order valence-corrected chi connectivity index (χ4v) is 5.39. The van der Waals surface area contributed by atoms with Gasteiger partial charge in [-0.25, -0.2) is 84.3 Å². The summed E-state index contributed by atoms with van der Waals surface area (Å²) in [4.78, 5) is 120. The zero-order valence-corrected chi connectivity index (χ0v) is 28.8. The summed E-state index contributed by atoms with van der Waals surface area (Å²) in [6, 6.07) is 0. The molecule has 0 atom stereocenters. The van der Waals surface area contributed by atoms with Crippen molar-refractivity contribution in [2.24, 2.45) is 0 Å². The van der Waals surface area contributed by atoms with Gasteiger partial charge in [0.2, 0.25) is 0 Å². The van der Waals surface area contributed by atoms with E-state index in [2.05, 4.69) is 39.5 Å². The van der Waals surface area contributed by atoms with E-state index in [-0.39, 0.29) is 78.5 Å². The van der Waals surface area contributed by atoms with Gasteiger partial charge in [-0.1, -0.05) is 36.5 Å². The van der Waals surface area contributed by atoms with Crippen LogP contribution in [-0.4, -0.2) is 65.6 Å². The summed E-state index contributed by atoms with van der Waals surface area (Å²) in [5, 5.41) is 0. The molecule has 278 valence electrons. The summed E-state index contributed by atoms with van der Waals surface area (Å²) >= 11 is 0. The fourth-order valence-electron chi connectivity index (χ4n) is 5.39. The molecule has 0 saturated heterocycles. The standard InChI is InChI=1S/C33H42N10O9/c1-7-13-35-25(44)36(14-8-2)29(48)41(28(35)47)22-19-34(20-23-42-30(49)37(15-9-3)26(45)38(16-10-4)31(42)50)21-24-43-32(51)39(17-11-5)27(46)40(18-12-6)33(43)52/h7-12H,1-6,13-24H2. The van der Waals surface area contributed by atoms with Crippen LogP contribution in [-0.2, 0) is 58.9 Å². The quantitative estimate of drug-likeness (QED) is 0.102. The van der Waals surface area contributed by atoms with E-state index in [4.69, 9.17) is 0 Å². The van der Waals surface area contributed by atoms with Crippen LogP contribution >= 0.6 is 0 Å². The molecule has 0 aliphatic carbocycles. The minimum atomic E-state index is -0.921. The van der Waals surface area contributed by atoms with Gasteiger partial charge in [0.15, 0.2) is 0 Å². The molecule has 0 unspecified atom stereocenters. The Labute approximate surface area is 294 Å². The Morgan fingerprint density at radius 3 is 0.615 bits per heavy atom. The molecule has 0 N–H and O–H groups in total. The van der Waals surface area contributed by atoms with Gasteiger partial charge in [-0.3, -0.25) is 4.90 Å². The fraction of sp³-hybridized carbons (Fsp3) is 0.364. The van der Waals surface area contributed by atoms with Crippen LogP contribution < -0.4 is 51.2 Å². The minimum absolute atomic E-state index is 0.140. The van der Waals surface area contributed by atoms with Gasteiger partial charge < -0.3 is 0 Å². The average molecular weight is 723 g/mol. The maximum absolute atomic E-state index is 13.3. The van der Waals surface area contributed by atoms with E-state index in [1.807, 2.05) is 0 Å². The number of aromatic nitrogens is 9. The summed E-state index contributed by atoms with van der Waals surface area (Å²) in [7, 11) is 0. The van der Waals surface area contributed by atoms with Gasteiger partial charge >= 0.3 is 51.2 Å². The van der Waals surface area contributed by atoms with E-state index in [9.17, 15) is 43.2 Å². The molecule has 19 heteroatoms. The maximum Gasteiger partial charge on any atom is 0.336 e. The Bertz CT molecular complexity index is 2030. The van der Waals surface area contributed by atoms with Crippen molar-refractivity contribution in [3.63, 3.8) is 0 Å². The van der Waals surface area contributed by atoms with Crippen LogP contribution in [0.25, 0.3) is 0 Å². The first kappa shape index (κ1) is 40.1. The van der Waals surface area contributed by atoms with Crippen molar-refractivity contribution in [1.82, 2.24) is 46.0 Å². The van der Waals surface area contributed by atoms with Crippen molar-refractivity contribution >= 4 is 0 Å². The third kappa shape index (κ3) is 8.15. The summed E-state index contributed by atoms with van der Waals surface area (Å²) < 4.78 is 7.37. The molecule has 52 heavy (non-hydrogen) atoms. The highest BCUT2D eigenvalue weighted by Gasteiger charge is 2.20. The Balaban J connectivity index is 2.17. The molecule has 0 aromatic carbocycles. The maximum atomic E-state index is 13.3. The van der Waals surface area contributed by atoms with Gasteiger partial charge in [0.05, 0.1) is 39.3 Å². The lowest BCUT2D eigenvalue weighted by Gasteiger charge is -2.24. The average Bonchev–Trinajstić information content (AvgIpc) is 3.11. The molecule has 0 bridgehead atoms. The first-order valence-electron chi connectivity index (χ1n) is 16.1. The first-order chi connectivity index (χ1) is 24.8. The van der Waals surface area contributed by atoms with Crippen molar-refractivity contribution < 1.29 is 0 Å². The highest BCUT2D eigenvalue weighted by Crippen LogP contribution is 1.94. The van der Waals surface area contributed by atoms with E-state index in [1.54, 1.807) is 4.90 Å². The summed E-state index contributed by atoms with van der Waals surface area (Å²) in [6.07, 6.45) is 7.88. The lowest BCUT2D eigenvalue weighted by atomic mass is 10.4. The monoisotopic (exact) mass is 722 g/mol. The van der Waals surface area contributed by atoms with E-state index < -0.39 is 51.2 Å². The third-order valence-electron chi connectivity index (χ3n) is 7.95. The number of hydrogen-bond acceptors (Lipinski definition) is 10. The van der Waals surface area contributed by atoms with E-state index in [0.717, 1.165) is 41.1 Å². The molecule has 0 amide bonds. The molecule has 3 aromatic heterocycles. The molecule has 3 rings (SSSR count). The van der Waals surface area contributed by atoms with Gasteiger partial charge in [-0.05, 0) is 0 Å². The zero-order valence-electron chi connectivity index (χ0n) is 28.8. The van der Waals surface area contributed by atoms with Crippen molar-refractivity contribution in [2.45, 2.75) is 58.9 Å². The predicted molar refractivity (Wildman–Crippen MR) is 195 cm³/mol. The lowest BCUT2D eigenvalue weighted by molar-refractivity contribution is 0.228. The molecule has 0 fully saturated rings. The van der Waals surface area contributed by atoms with Gasteiger partial charge in [-0.15, -0.1) is 39.5 Å². The predicted octanol–water partition coefficient (Wildman–Crippen LogP) is -3.04. The van der Waals surface area contributed by atoms with E-state index >= 15 is 0 Å². The minimum Gasteiger partial charge on any atom is -0.298 e. The highest BCUT2D eigenvalue weighted by molar-refractivity contribution is 4.88. The smallest absolute Gasteiger partial charge is 0.298 e. The van der Waals surface area contributed by atoms with Crippen LogP contribution in [0.3, 0.4) is 0 Å². The molecule has 0 saturated carbocycles. The first-order valence-corrected chi connectivity index (χ1v) is 16.1. The van der Waals surface area contributed by atoms with E-state index in [0.29, 0.717) is 0 Å². The van der Waals surface area contributed by atoms with Crippen LogP contribution in [0.4, 0.5) is 0 Å². The Morgan fingerprint density at radius 2 is 0.462 bits per heavy atom. The van der Waals surface area contributed by atoms with E-state index in [1.165, 1.54) is 36.5 Å². The molecule has 3 aromatic rings. The molecular formula is C33H42N10O9. The van der Waals surface area contributed by atoms with Crippen LogP contribution in [0.5, 0.6) is 0 Å². The van der Waals surface area contributed by atoms with Crippen molar-refractivity contribution in [3.8, 4) is 0 Å². The molecule has 0 aliphatic rings. The lowest BCUT2D eigenvalue weighted by Crippen LogP contribution is -2.56. The van der Waals surface area contributed by atoms with Gasteiger partial charge in [-0.2, -0.15) is 0 Å². The SMILES string of the molecule is C=CCn1c(=O)n(CC=C)c(=O)n(CCN(CCn2c(=O)n(CC=C)c(=O)n(CC=C)c2=O)CCn2c(=O)n(CC=C)c(=O)n(CC=C)c2=O)c1=O. The second-order valence-corrected chi connectivity index (χ2v) is 11.2. The molecule has 0 radical (unpaired) electrons. The molecule has 0 spiro atoms. The summed E-state index contributed by atoms with van der Waals surface area (Å²) in [5.41, 5.74) is -8.12. The second-order valence-electron chi connectivity index (χ2n) is 11.2. The topological polar surface area (TPSA) is 201 Å². The van der Waals surface area contributed by atoms with Crippen LogP contribution in [0.15, 0.2) is 119 Å². The Hall–Kier alpha value is -6.37. The largest absolute Gasteiger partial charge is 0.336 e. The molecule has 19 nitrogen and oxygen atoms in total. The zero-order chi connectivity index (χ0) is 38.7. The van der Waals surface area contributed by atoms with Crippen molar-refractivity contribution in [3.05, 3.63) is 170 Å². The van der Waals surface area contributed by atoms with Crippen molar-refractivity contribution in [2.75, 3.05) is 19.6 Å². The number of rotatable bonds is 21. The molecule has 3 heterocycles. The molecule has 0 aliphatic heterocycles. The van der Waals surface area contributed by atoms with Crippen LogP contribution in [0.1, 0.15) is 0 Å². The summed E-state index contributed by atoms with van der Waals surface area (Å²) in [5.74, 6) is 0.